The first-order chi connectivity index (χ1) is 7.67. The van der Waals surface area contributed by atoms with Crippen LogP contribution in [0.1, 0.15) is 32.6 Å². The Kier molecular flexibility index (Phi) is 3.85. The quantitative estimate of drug-likeness (QED) is 0.731. The number of hydrogen-bond acceptors (Lipinski definition) is 4. The maximum absolute atomic E-state index is 9.27. The van der Waals surface area contributed by atoms with Crippen LogP contribution in [0.3, 0.4) is 0 Å². The summed E-state index contributed by atoms with van der Waals surface area (Å²) in [6.45, 7) is 5.17. The average Bonchev–Trinajstić information content (AvgIpc) is 2.73. The topological polar surface area (TPSA) is 58.7 Å². The van der Waals surface area contributed by atoms with Gasteiger partial charge in [-0.15, -0.1) is 0 Å². The molecule has 1 saturated carbocycles. The normalized spacial score (nSPS) is 41.4. The minimum atomic E-state index is -0.329. The lowest BCUT2D eigenvalue weighted by atomic mass is 10.00. The average molecular weight is 228 g/mol. The van der Waals surface area contributed by atoms with E-state index in [4.69, 9.17) is 10.5 Å². The number of morpholine rings is 1. The fourth-order valence-electron chi connectivity index (χ4n) is 2.90. The number of nitrogens with zero attached hydrogens (tertiary/aromatic N) is 1. The highest BCUT2D eigenvalue weighted by Crippen LogP contribution is 2.31. The van der Waals surface area contributed by atoms with Crippen molar-refractivity contribution in [2.45, 2.75) is 50.3 Å². The number of hydrogen-bond donors (Lipinski definition) is 2. The zero-order chi connectivity index (χ0) is 11.6. The minimum absolute atomic E-state index is 0.116. The molecule has 1 saturated heterocycles. The Hall–Kier alpha value is -0.160. The number of rotatable bonds is 3. The van der Waals surface area contributed by atoms with Crippen LogP contribution < -0.4 is 5.73 Å². The van der Waals surface area contributed by atoms with Crippen molar-refractivity contribution >= 4 is 0 Å². The van der Waals surface area contributed by atoms with Crippen molar-refractivity contribution in [3.63, 3.8) is 0 Å². The van der Waals surface area contributed by atoms with Crippen LogP contribution in [0.2, 0.25) is 0 Å². The molecule has 1 heterocycles. The number of aliphatic hydroxyl groups excluding tert-OH is 1. The fourth-order valence-corrected chi connectivity index (χ4v) is 2.90. The predicted octanol–water partition coefficient (Wildman–Crippen LogP) is 0.340. The molecule has 0 spiro atoms. The van der Waals surface area contributed by atoms with Crippen LogP contribution >= 0.6 is 0 Å². The van der Waals surface area contributed by atoms with Crippen LogP contribution in [0.5, 0.6) is 0 Å². The third-order valence-electron chi connectivity index (χ3n) is 4.07. The van der Waals surface area contributed by atoms with Crippen LogP contribution in [0.15, 0.2) is 0 Å². The predicted molar refractivity (Wildman–Crippen MR) is 63.2 cm³/mol. The van der Waals surface area contributed by atoms with Crippen LogP contribution in [-0.4, -0.2) is 54.0 Å². The van der Waals surface area contributed by atoms with Crippen LogP contribution in [0.4, 0.5) is 0 Å². The van der Waals surface area contributed by atoms with Gasteiger partial charge in [0, 0.05) is 24.7 Å². The van der Waals surface area contributed by atoms with Crippen LogP contribution in [0, 0.1) is 0 Å². The summed E-state index contributed by atoms with van der Waals surface area (Å²) >= 11 is 0. The molecule has 4 heteroatoms. The first-order valence-corrected chi connectivity index (χ1v) is 6.42. The third kappa shape index (κ3) is 2.56. The first kappa shape index (κ1) is 12.3. The molecule has 1 aliphatic carbocycles. The molecule has 16 heavy (non-hydrogen) atoms. The van der Waals surface area contributed by atoms with Crippen molar-refractivity contribution < 1.29 is 9.84 Å². The molecule has 0 aromatic heterocycles. The van der Waals surface area contributed by atoms with Gasteiger partial charge in [-0.1, -0.05) is 6.92 Å². The standard InChI is InChI=1S/C12H24N2O2/c1-2-11-8-14(5-6-16-11)10-3-4-12(13,7-10)9-15/h10-11,15H,2-9,13H2,1H3. The van der Waals surface area contributed by atoms with E-state index in [9.17, 15) is 5.11 Å². The summed E-state index contributed by atoms with van der Waals surface area (Å²) in [5.74, 6) is 0. The highest BCUT2D eigenvalue weighted by molar-refractivity contribution is 4.97. The Morgan fingerprint density at radius 2 is 2.38 bits per heavy atom. The van der Waals surface area contributed by atoms with E-state index in [1.807, 2.05) is 0 Å². The second kappa shape index (κ2) is 5.00. The van der Waals surface area contributed by atoms with E-state index in [1.165, 1.54) is 0 Å². The Morgan fingerprint density at radius 1 is 1.56 bits per heavy atom. The first-order valence-electron chi connectivity index (χ1n) is 6.42. The fraction of sp³-hybridized carbons (Fsp3) is 1.00. The Morgan fingerprint density at radius 3 is 3.00 bits per heavy atom. The lowest BCUT2D eigenvalue weighted by molar-refractivity contribution is -0.0444. The molecule has 1 aliphatic heterocycles. The van der Waals surface area contributed by atoms with E-state index in [0.29, 0.717) is 12.1 Å². The lowest BCUT2D eigenvalue weighted by Crippen LogP contribution is -2.49. The molecule has 0 amide bonds. The SMILES string of the molecule is CCC1CN(C2CCC(N)(CO)C2)CCO1. The molecule has 0 aromatic rings. The second-order valence-electron chi connectivity index (χ2n) is 5.31. The van der Waals surface area contributed by atoms with E-state index in [0.717, 1.165) is 45.4 Å². The van der Waals surface area contributed by atoms with E-state index >= 15 is 0 Å². The number of aliphatic hydroxyl groups is 1. The van der Waals surface area contributed by atoms with Gasteiger partial charge in [-0.3, -0.25) is 4.90 Å². The van der Waals surface area contributed by atoms with E-state index in [1.54, 1.807) is 0 Å². The molecule has 3 unspecified atom stereocenters. The van der Waals surface area contributed by atoms with E-state index < -0.39 is 0 Å². The van der Waals surface area contributed by atoms with Crippen molar-refractivity contribution in [2.75, 3.05) is 26.3 Å². The summed E-state index contributed by atoms with van der Waals surface area (Å²) in [6.07, 6.45) is 4.46. The van der Waals surface area contributed by atoms with E-state index in [2.05, 4.69) is 11.8 Å². The molecule has 4 nitrogen and oxygen atoms in total. The summed E-state index contributed by atoms with van der Waals surface area (Å²) in [6, 6.07) is 0.551. The van der Waals surface area contributed by atoms with Crippen molar-refractivity contribution in [3.05, 3.63) is 0 Å². The Balaban J connectivity index is 1.89. The number of ether oxygens (including phenoxy) is 1. The van der Waals surface area contributed by atoms with Gasteiger partial charge in [0.2, 0.25) is 0 Å². The Labute approximate surface area is 97.7 Å². The Bertz CT molecular complexity index is 237. The number of nitrogens with two attached hydrogens (primary N) is 1. The lowest BCUT2D eigenvalue weighted by Gasteiger charge is -2.37. The van der Waals surface area contributed by atoms with Gasteiger partial charge in [0.1, 0.15) is 0 Å². The largest absolute Gasteiger partial charge is 0.394 e. The van der Waals surface area contributed by atoms with Gasteiger partial charge in [-0.2, -0.15) is 0 Å². The molecule has 2 rings (SSSR count). The third-order valence-corrected chi connectivity index (χ3v) is 4.07. The van der Waals surface area contributed by atoms with Gasteiger partial charge in [0.05, 0.1) is 19.3 Å². The summed E-state index contributed by atoms with van der Waals surface area (Å²) in [5.41, 5.74) is 5.79. The zero-order valence-corrected chi connectivity index (χ0v) is 10.2. The monoisotopic (exact) mass is 228 g/mol. The van der Waals surface area contributed by atoms with E-state index in [-0.39, 0.29) is 12.1 Å². The minimum Gasteiger partial charge on any atom is -0.394 e. The second-order valence-corrected chi connectivity index (χ2v) is 5.31. The van der Waals surface area contributed by atoms with Gasteiger partial charge >= 0.3 is 0 Å². The van der Waals surface area contributed by atoms with Gasteiger partial charge in [0.25, 0.3) is 0 Å². The van der Waals surface area contributed by atoms with Crippen molar-refractivity contribution in [3.8, 4) is 0 Å². The molecule has 0 radical (unpaired) electrons. The van der Waals surface area contributed by atoms with Gasteiger partial charge in [-0.05, 0) is 25.7 Å². The maximum atomic E-state index is 9.27. The highest BCUT2D eigenvalue weighted by Gasteiger charge is 2.38. The molecule has 2 aliphatic rings. The summed E-state index contributed by atoms with van der Waals surface area (Å²) in [4.78, 5) is 2.50. The molecule has 0 aromatic carbocycles. The van der Waals surface area contributed by atoms with Crippen molar-refractivity contribution in [1.29, 1.82) is 0 Å². The molecule has 94 valence electrons. The smallest absolute Gasteiger partial charge is 0.0700 e. The summed E-state index contributed by atoms with van der Waals surface area (Å²) in [7, 11) is 0. The molecule has 3 N–H and O–H groups in total. The maximum Gasteiger partial charge on any atom is 0.0700 e. The van der Waals surface area contributed by atoms with Crippen molar-refractivity contribution in [2.24, 2.45) is 5.73 Å². The molecule has 3 atom stereocenters. The molecular formula is C12H24N2O2. The summed E-state index contributed by atoms with van der Waals surface area (Å²) in [5, 5.41) is 9.27. The van der Waals surface area contributed by atoms with Gasteiger partial charge in [-0.25, -0.2) is 0 Å². The van der Waals surface area contributed by atoms with Gasteiger partial charge < -0.3 is 15.6 Å². The van der Waals surface area contributed by atoms with Crippen molar-refractivity contribution in [1.82, 2.24) is 4.90 Å². The molecule has 0 bridgehead atoms. The van der Waals surface area contributed by atoms with Crippen LogP contribution in [0.25, 0.3) is 0 Å². The molecular weight excluding hydrogens is 204 g/mol. The molecule has 2 fully saturated rings. The highest BCUT2D eigenvalue weighted by atomic mass is 16.5. The summed E-state index contributed by atoms with van der Waals surface area (Å²) < 4.78 is 5.67. The van der Waals surface area contributed by atoms with Crippen LogP contribution in [-0.2, 0) is 4.74 Å². The zero-order valence-electron chi connectivity index (χ0n) is 10.2. The van der Waals surface area contributed by atoms with Gasteiger partial charge in [0.15, 0.2) is 0 Å².